The number of carbonyl (C=O) groups is 1. The summed E-state index contributed by atoms with van der Waals surface area (Å²) in [6, 6.07) is 9.05. The first-order chi connectivity index (χ1) is 10.0. The second kappa shape index (κ2) is 7.77. The highest BCUT2D eigenvalue weighted by atomic mass is 32.2. The van der Waals surface area contributed by atoms with Crippen molar-refractivity contribution in [1.29, 1.82) is 0 Å². The van der Waals surface area contributed by atoms with Gasteiger partial charge in [0.25, 0.3) is 0 Å². The molecule has 114 valence electrons. The van der Waals surface area contributed by atoms with Crippen LogP contribution in [0.15, 0.2) is 30.3 Å². The molecule has 21 heavy (non-hydrogen) atoms. The number of thioether (sulfide) groups is 1. The second-order valence-corrected chi connectivity index (χ2v) is 6.61. The fourth-order valence-corrected chi connectivity index (χ4v) is 3.15. The molecule has 0 saturated carbocycles. The molecular formula is C15H19NO3S2. The summed E-state index contributed by atoms with van der Waals surface area (Å²) >= 11 is 6.73. The van der Waals surface area contributed by atoms with Crippen LogP contribution in [0.1, 0.15) is 13.8 Å². The molecule has 0 aromatic heterocycles. The summed E-state index contributed by atoms with van der Waals surface area (Å²) in [6.45, 7) is 5.59. The van der Waals surface area contributed by atoms with Crippen molar-refractivity contribution in [2.45, 2.75) is 26.1 Å². The number of morpholine rings is 1. The molecule has 0 unspecified atom stereocenters. The van der Waals surface area contributed by atoms with E-state index in [1.54, 1.807) is 12.1 Å². The number of benzene rings is 1. The van der Waals surface area contributed by atoms with Gasteiger partial charge in [0.05, 0.1) is 18.0 Å². The molecule has 1 fully saturated rings. The summed E-state index contributed by atoms with van der Waals surface area (Å²) in [4.78, 5) is 13.9. The lowest BCUT2D eigenvalue weighted by molar-refractivity contribution is -0.131. The van der Waals surface area contributed by atoms with E-state index in [4.69, 9.17) is 21.7 Å². The van der Waals surface area contributed by atoms with Crippen LogP contribution < -0.4 is 4.74 Å². The number of nitrogens with zero attached hydrogens (tertiary/aromatic N) is 1. The smallest absolute Gasteiger partial charge is 0.321 e. The number of thiocarbonyl (C=S) groups is 1. The lowest BCUT2D eigenvalue weighted by Gasteiger charge is -2.36. The predicted octanol–water partition coefficient (Wildman–Crippen LogP) is 2.72. The van der Waals surface area contributed by atoms with E-state index in [-0.39, 0.29) is 23.9 Å². The van der Waals surface area contributed by atoms with Gasteiger partial charge in [-0.25, -0.2) is 0 Å². The van der Waals surface area contributed by atoms with E-state index in [1.165, 1.54) is 11.8 Å². The van der Waals surface area contributed by atoms with Crippen molar-refractivity contribution >= 4 is 34.3 Å². The number of esters is 1. The van der Waals surface area contributed by atoms with Gasteiger partial charge in [0, 0.05) is 13.1 Å². The highest BCUT2D eigenvalue weighted by molar-refractivity contribution is 8.23. The average Bonchev–Trinajstić information content (AvgIpc) is 2.45. The van der Waals surface area contributed by atoms with Gasteiger partial charge in [0.2, 0.25) is 0 Å². The van der Waals surface area contributed by atoms with Crippen molar-refractivity contribution in [3.8, 4) is 5.75 Å². The van der Waals surface area contributed by atoms with Gasteiger partial charge in [-0.15, -0.1) is 0 Å². The predicted molar refractivity (Wildman–Crippen MR) is 88.7 cm³/mol. The summed E-state index contributed by atoms with van der Waals surface area (Å²) in [5, 5.41) is 0. The molecule has 0 bridgehead atoms. The number of hydrogen-bond donors (Lipinski definition) is 0. The Hall–Kier alpha value is -1.11. The molecule has 1 heterocycles. The van der Waals surface area contributed by atoms with Crippen molar-refractivity contribution < 1.29 is 14.3 Å². The molecule has 1 aromatic rings. The molecule has 1 saturated heterocycles. The average molecular weight is 325 g/mol. The quantitative estimate of drug-likeness (QED) is 0.483. The molecule has 0 radical (unpaired) electrons. The fraction of sp³-hybridized carbons (Fsp3) is 0.467. The van der Waals surface area contributed by atoms with E-state index in [0.29, 0.717) is 5.75 Å². The molecule has 1 aliphatic heterocycles. The number of hydrogen-bond acceptors (Lipinski definition) is 5. The van der Waals surface area contributed by atoms with Crippen molar-refractivity contribution in [2.75, 3.05) is 18.8 Å². The Morgan fingerprint density at radius 1 is 1.33 bits per heavy atom. The molecule has 1 aromatic carbocycles. The van der Waals surface area contributed by atoms with Crippen molar-refractivity contribution in [2.24, 2.45) is 0 Å². The second-order valence-electron chi connectivity index (χ2n) is 5.00. The first-order valence-electron chi connectivity index (χ1n) is 6.87. The third kappa shape index (κ3) is 5.30. The Labute approximate surface area is 134 Å². The molecule has 0 aliphatic carbocycles. The van der Waals surface area contributed by atoms with Gasteiger partial charge in [-0.2, -0.15) is 0 Å². The van der Waals surface area contributed by atoms with Gasteiger partial charge < -0.3 is 14.4 Å². The Kier molecular flexibility index (Phi) is 6.02. The Balaban J connectivity index is 1.77. The molecule has 0 spiro atoms. The Morgan fingerprint density at radius 2 is 1.95 bits per heavy atom. The summed E-state index contributed by atoms with van der Waals surface area (Å²) in [5.41, 5.74) is 0. The van der Waals surface area contributed by atoms with Crippen molar-refractivity contribution in [3.05, 3.63) is 30.3 Å². The monoisotopic (exact) mass is 325 g/mol. The van der Waals surface area contributed by atoms with E-state index in [0.717, 1.165) is 17.4 Å². The van der Waals surface area contributed by atoms with Crippen LogP contribution in [-0.4, -0.2) is 46.2 Å². The maximum atomic E-state index is 11.8. The van der Waals surface area contributed by atoms with E-state index in [2.05, 4.69) is 4.90 Å². The molecule has 2 rings (SSSR count). The first-order valence-corrected chi connectivity index (χ1v) is 8.27. The molecule has 2 atom stereocenters. The SMILES string of the molecule is C[C@@H]1CN(C(=S)SCC(=O)Oc2ccccc2)C[C@@H](C)O1. The van der Waals surface area contributed by atoms with Gasteiger partial charge in [0.15, 0.2) is 0 Å². The van der Waals surface area contributed by atoms with Crippen molar-refractivity contribution in [1.82, 2.24) is 4.90 Å². The zero-order valence-electron chi connectivity index (χ0n) is 12.2. The minimum Gasteiger partial charge on any atom is -0.426 e. The minimum atomic E-state index is -0.289. The lowest BCUT2D eigenvalue weighted by Crippen LogP contribution is -2.47. The molecule has 1 aliphatic rings. The van der Waals surface area contributed by atoms with Gasteiger partial charge in [-0.05, 0) is 26.0 Å². The Bertz CT molecular complexity index is 485. The molecular weight excluding hydrogens is 306 g/mol. The van der Waals surface area contributed by atoms with E-state index in [1.807, 2.05) is 32.0 Å². The molecule has 4 nitrogen and oxygen atoms in total. The van der Waals surface area contributed by atoms with Crippen LogP contribution >= 0.6 is 24.0 Å². The van der Waals surface area contributed by atoms with Crippen LogP contribution in [-0.2, 0) is 9.53 Å². The van der Waals surface area contributed by atoms with Crippen LogP contribution in [0, 0.1) is 0 Å². The summed E-state index contributed by atoms with van der Waals surface area (Å²) in [7, 11) is 0. The zero-order chi connectivity index (χ0) is 15.2. The van der Waals surface area contributed by atoms with Gasteiger partial charge in [-0.1, -0.05) is 42.2 Å². The topological polar surface area (TPSA) is 38.8 Å². The lowest BCUT2D eigenvalue weighted by atomic mass is 10.2. The maximum absolute atomic E-state index is 11.8. The maximum Gasteiger partial charge on any atom is 0.321 e. The van der Waals surface area contributed by atoms with Gasteiger partial charge in [0.1, 0.15) is 10.1 Å². The number of rotatable bonds is 3. The normalized spacial score (nSPS) is 21.9. The summed E-state index contributed by atoms with van der Waals surface area (Å²) < 4.78 is 11.6. The zero-order valence-corrected chi connectivity index (χ0v) is 13.8. The van der Waals surface area contributed by atoms with E-state index in [9.17, 15) is 4.79 Å². The highest BCUT2D eigenvalue weighted by Gasteiger charge is 2.24. The van der Waals surface area contributed by atoms with Gasteiger partial charge >= 0.3 is 5.97 Å². The largest absolute Gasteiger partial charge is 0.426 e. The van der Waals surface area contributed by atoms with Crippen molar-refractivity contribution in [3.63, 3.8) is 0 Å². The Morgan fingerprint density at radius 3 is 2.57 bits per heavy atom. The van der Waals surface area contributed by atoms with Crippen LogP contribution in [0.4, 0.5) is 0 Å². The van der Waals surface area contributed by atoms with Crippen LogP contribution in [0.25, 0.3) is 0 Å². The number of ether oxygens (including phenoxy) is 2. The van der Waals surface area contributed by atoms with Crippen LogP contribution in [0.5, 0.6) is 5.75 Å². The summed E-state index contributed by atoms with van der Waals surface area (Å²) in [6.07, 6.45) is 0.312. The molecule has 0 amide bonds. The third-order valence-electron chi connectivity index (χ3n) is 2.97. The number of para-hydroxylation sites is 1. The minimum absolute atomic E-state index is 0.156. The third-order valence-corrected chi connectivity index (χ3v) is 4.46. The van der Waals surface area contributed by atoms with Gasteiger partial charge in [-0.3, -0.25) is 4.79 Å². The highest BCUT2D eigenvalue weighted by Crippen LogP contribution is 2.18. The summed E-state index contributed by atoms with van der Waals surface area (Å²) in [5.74, 6) is 0.485. The molecule has 0 N–H and O–H groups in total. The number of carbonyl (C=O) groups excluding carboxylic acids is 1. The van der Waals surface area contributed by atoms with E-state index >= 15 is 0 Å². The van der Waals surface area contributed by atoms with Crippen LogP contribution in [0.3, 0.4) is 0 Å². The fourth-order valence-electron chi connectivity index (χ4n) is 2.19. The first kappa shape index (κ1) is 16.3. The van der Waals surface area contributed by atoms with E-state index < -0.39 is 0 Å². The van der Waals surface area contributed by atoms with Crippen LogP contribution in [0.2, 0.25) is 0 Å². The standard InChI is InChI=1S/C15H19NO3S2/c1-11-8-16(9-12(2)18-11)15(20)21-10-14(17)19-13-6-4-3-5-7-13/h3-7,11-12H,8-10H2,1-2H3/t11-,12-/m1/s1. The molecule has 6 heteroatoms.